The number of fused-ring (bicyclic) bond motifs is 1. The molecule has 2 heterocycles. The largest absolute Gasteiger partial charge is 0.384 e. The van der Waals surface area contributed by atoms with Gasteiger partial charge in [-0.3, -0.25) is 0 Å². The molecule has 1 aromatic rings. The fraction of sp³-hybridized carbons (Fsp3) is 0.467. The number of benzene rings is 1. The molecule has 0 radical (unpaired) electrons. The van der Waals surface area contributed by atoms with E-state index in [9.17, 15) is 8.42 Å². The summed E-state index contributed by atoms with van der Waals surface area (Å²) >= 11 is 0. The number of rotatable bonds is 4. The lowest BCUT2D eigenvalue weighted by Crippen LogP contribution is -2.35. The fourth-order valence-corrected chi connectivity index (χ4v) is 4.25. The Hall–Kier alpha value is -1.37. The van der Waals surface area contributed by atoms with Crippen molar-refractivity contribution in [2.45, 2.75) is 17.7 Å². The van der Waals surface area contributed by atoms with Crippen LogP contribution in [0.5, 0.6) is 0 Å². The summed E-state index contributed by atoms with van der Waals surface area (Å²) in [6, 6.07) is 5.37. The Bertz CT molecular complexity index is 667. The van der Waals surface area contributed by atoms with E-state index >= 15 is 0 Å². The van der Waals surface area contributed by atoms with E-state index in [1.54, 1.807) is 19.2 Å². The van der Waals surface area contributed by atoms with Crippen LogP contribution in [0, 0.1) is 0 Å². The third-order valence-corrected chi connectivity index (χ3v) is 5.88. The molecule has 0 saturated carbocycles. The molecule has 0 aromatic heterocycles. The third-order valence-electron chi connectivity index (χ3n) is 4.02. The summed E-state index contributed by atoms with van der Waals surface area (Å²) in [5.74, 6) is 0. The summed E-state index contributed by atoms with van der Waals surface area (Å²) in [4.78, 5) is 0.397. The van der Waals surface area contributed by atoms with Gasteiger partial charge in [0.1, 0.15) is 0 Å². The summed E-state index contributed by atoms with van der Waals surface area (Å²) in [7, 11) is -1.75. The predicted octanol–water partition coefficient (Wildman–Crippen LogP) is 1.62. The van der Waals surface area contributed by atoms with E-state index in [1.165, 1.54) is 9.88 Å². The number of ether oxygens (including phenoxy) is 1. The van der Waals surface area contributed by atoms with Crippen molar-refractivity contribution >= 4 is 15.7 Å². The number of hydrogen-bond donors (Lipinski definition) is 1. The van der Waals surface area contributed by atoms with Crippen molar-refractivity contribution in [2.24, 2.45) is 0 Å². The molecule has 0 spiro atoms. The Morgan fingerprint density at radius 3 is 2.90 bits per heavy atom. The van der Waals surface area contributed by atoms with Gasteiger partial charge in [0.15, 0.2) is 0 Å². The second kappa shape index (κ2) is 5.79. The fourth-order valence-electron chi connectivity index (χ4n) is 2.82. The average molecular weight is 308 g/mol. The number of nitrogens with one attached hydrogen (secondary N) is 1. The first-order chi connectivity index (χ1) is 10.1. The normalized spacial score (nSPS) is 19.0. The zero-order chi connectivity index (χ0) is 14.9. The van der Waals surface area contributed by atoms with Crippen LogP contribution in [-0.4, -0.2) is 46.1 Å². The van der Waals surface area contributed by atoms with Crippen molar-refractivity contribution in [3.05, 3.63) is 35.4 Å². The van der Waals surface area contributed by atoms with Crippen LogP contribution < -0.4 is 5.32 Å². The van der Waals surface area contributed by atoms with Crippen LogP contribution in [0.4, 0.5) is 5.69 Å². The van der Waals surface area contributed by atoms with Crippen LogP contribution in [0.15, 0.2) is 34.7 Å². The number of nitrogens with zero attached hydrogens (tertiary/aromatic N) is 1. The van der Waals surface area contributed by atoms with Gasteiger partial charge >= 0.3 is 0 Å². The summed E-state index contributed by atoms with van der Waals surface area (Å²) in [6.07, 6.45) is 3.58. The molecule has 114 valence electrons. The summed E-state index contributed by atoms with van der Waals surface area (Å²) < 4.78 is 32.0. The Kier molecular flexibility index (Phi) is 4.01. The molecule has 0 aliphatic carbocycles. The SMILES string of the molecule is COCC1=CCN(S(=O)(=O)c2ccc3c(c2)CCN3)CC1. The van der Waals surface area contributed by atoms with Gasteiger partial charge in [0, 0.05) is 32.4 Å². The van der Waals surface area contributed by atoms with Gasteiger partial charge in [-0.15, -0.1) is 0 Å². The van der Waals surface area contributed by atoms with Crippen LogP contribution >= 0.6 is 0 Å². The molecule has 0 amide bonds. The van der Waals surface area contributed by atoms with Crippen LogP contribution in [0.25, 0.3) is 0 Å². The predicted molar refractivity (Wildman–Crippen MR) is 82.0 cm³/mol. The maximum Gasteiger partial charge on any atom is 0.243 e. The first-order valence-corrected chi connectivity index (χ1v) is 8.59. The molecule has 0 unspecified atom stereocenters. The lowest BCUT2D eigenvalue weighted by Gasteiger charge is -2.25. The van der Waals surface area contributed by atoms with E-state index in [1.807, 2.05) is 12.1 Å². The topological polar surface area (TPSA) is 58.6 Å². The van der Waals surface area contributed by atoms with Gasteiger partial charge in [-0.05, 0) is 42.2 Å². The van der Waals surface area contributed by atoms with Crippen LogP contribution in [0.1, 0.15) is 12.0 Å². The maximum atomic E-state index is 12.7. The minimum Gasteiger partial charge on any atom is -0.384 e. The van der Waals surface area contributed by atoms with Crippen molar-refractivity contribution in [1.82, 2.24) is 4.31 Å². The minimum atomic E-state index is -3.40. The summed E-state index contributed by atoms with van der Waals surface area (Å²) in [5, 5.41) is 3.25. The second-order valence-corrected chi connectivity index (χ2v) is 7.34. The monoisotopic (exact) mass is 308 g/mol. The molecular weight excluding hydrogens is 288 g/mol. The van der Waals surface area contributed by atoms with Gasteiger partial charge in [0.05, 0.1) is 11.5 Å². The van der Waals surface area contributed by atoms with Crippen molar-refractivity contribution in [1.29, 1.82) is 0 Å². The summed E-state index contributed by atoms with van der Waals surface area (Å²) in [5.41, 5.74) is 3.31. The third kappa shape index (κ3) is 2.84. The highest BCUT2D eigenvalue weighted by Crippen LogP contribution is 2.27. The van der Waals surface area contributed by atoms with E-state index in [4.69, 9.17) is 4.74 Å². The Morgan fingerprint density at radius 2 is 2.19 bits per heavy atom. The standard InChI is InChI=1S/C15H20N2O3S/c1-20-11-12-5-8-17(9-6-12)21(18,19)14-2-3-15-13(10-14)4-7-16-15/h2-3,5,10,16H,4,6-9,11H2,1H3. The van der Waals surface area contributed by atoms with Gasteiger partial charge in [-0.1, -0.05) is 6.08 Å². The molecule has 0 fully saturated rings. The highest BCUT2D eigenvalue weighted by molar-refractivity contribution is 7.89. The van der Waals surface area contributed by atoms with Gasteiger partial charge in [-0.25, -0.2) is 8.42 Å². The first-order valence-electron chi connectivity index (χ1n) is 7.15. The van der Waals surface area contributed by atoms with Crippen molar-refractivity contribution in [2.75, 3.05) is 38.7 Å². The second-order valence-electron chi connectivity index (χ2n) is 5.40. The molecule has 6 heteroatoms. The van der Waals surface area contributed by atoms with E-state index in [2.05, 4.69) is 5.32 Å². The van der Waals surface area contributed by atoms with Gasteiger partial charge in [0.25, 0.3) is 0 Å². The van der Waals surface area contributed by atoms with Crippen LogP contribution in [0.3, 0.4) is 0 Å². The average Bonchev–Trinajstić information content (AvgIpc) is 2.95. The zero-order valence-electron chi connectivity index (χ0n) is 12.1. The molecule has 0 bridgehead atoms. The smallest absolute Gasteiger partial charge is 0.243 e. The molecule has 5 nitrogen and oxygen atoms in total. The molecule has 2 aliphatic rings. The van der Waals surface area contributed by atoms with E-state index in [-0.39, 0.29) is 0 Å². The molecule has 2 aliphatic heterocycles. The van der Waals surface area contributed by atoms with Gasteiger partial charge in [-0.2, -0.15) is 4.31 Å². The Morgan fingerprint density at radius 1 is 1.33 bits per heavy atom. The van der Waals surface area contributed by atoms with E-state index in [0.29, 0.717) is 24.6 Å². The number of sulfonamides is 1. The summed E-state index contributed by atoms with van der Waals surface area (Å²) in [6.45, 7) is 2.41. The minimum absolute atomic E-state index is 0.397. The molecular formula is C15H20N2O3S. The van der Waals surface area contributed by atoms with E-state index < -0.39 is 10.0 Å². The highest BCUT2D eigenvalue weighted by Gasteiger charge is 2.27. The van der Waals surface area contributed by atoms with Crippen LogP contribution in [0.2, 0.25) is 0 Å². The first kappa shape index (κ1) is 14.6. The molecule has 0 atom stereocenters. The van der Waals surface area contributed by atoms with Crippen molar-refractivity contribution in [3.63, 3.8) is 0 Å². The Balaban J connectivity index is 1.81. The van der Waals surface area contributed by atoms with Crippen molar-refractivity contribution < 1.29 is 13.2 Å². The van der Waals surface area contributed by atoms with Gasteiger partial charge in [0.2, 0.25) is 10.0 Å². The molecule has 21 heavy (non-hydrogen) atoms. The lowest BCUT2D eigenvalue weighted by atomic mass is 10.1. The lowest BCUT2D eigenvalue weighted by molar-refractivity contribution is 0.219. The maximum absolute atomic E-state index is 12.7. The highest BCUT2D eigenvalue weighted by atomic mass is 32.2. The molecule has 3 rings (SSSR count). The molecule has 1 aromatic carbocycles. The van der Waals surface area contributed by atoms with Crippen molar-refractivity contribution in [3.8, 4) is 0 Å². The van der Waals surface area contributed by atoms with E-state index in [0.717, 1.165) is 30.6 Å². The number of methoxy groups -OCH3 is 1. The molecule has 0 saturated heterocycles. The van der Waals surface area contributed by atoms with Gasteiger partial charge < -0.3 is 10.1 Å². The quantitative estimate of drug-likeness (QED) is 0.859. The zero-order valence-corrected chi connectivity index (χ0v) is 12.9. The Labute approximate surface area is 125 Å². The number of anilines is 1. The molecule has 1 N–H and O–H groups in total. The number of hydrogen-bond acceptors (Lipinski definition) is 4. The van der Waals surface area contributed by atoms with Crippen LogP contribution in [-0.2, 0) is 21.2 Å².